The van der Waals surface area contributed by atoms with Crippen molar-refractivity contribution in [2.45, 2.75) is 31.0 Å². The number of carbonyl (C=O) groups is 2. The summed E-state index contributed by atoms with van der Waals surface area (Å²) in [5.41, 5.74) is -1.67. The second kappa shape index (κ2) is 11.0. The first-order valence-corrected chi connectivity index (χ1v) is 11.8. The number of aliphatic imine (C=N–C) groups is 1. The number of benzene rings is 2. The molecule has 0 aliphatic carbocycles. The van der Waals surface area contributed by atoms with Gasteiger partial charge in [-0.25, -0.2) is 9.38 Å². The van der Waals surface area contributed by atoms with Crippen molar-refractivity contribution >= 4 is 34.8 Å². The van der Waals surface area contributed by atoms with Crippen molar-refractivity contribution in [2.24, 2.45) is 4.99 Å². The maximum Gasteiger partial charge on any atom is 0.416 e. The highest BCUT2D eigenvalue weighted by atomic mass is 19.4. The van der Waals surface area contributed by atoms with Gasteiger partial charge in [-0.15, -0.1) is 0 Å². The lowest BCUT2D eigenvalue weighted by Crippen LogP contribution is -2.53. The molecule has 2 heterocycles. The van der Waals surface area contributed by atoms with Crippen LogP contribution >= 0.6 is 0 Å². The van der Waals surface area contributed by atoms with Crippen LogP contribution in [0.15, 0.2) is 35.3 Å². The summed E-state index contributed by atoms with van der Waals surface area (Å²) in [6, 6.07) is 5.41. The maximum absolute atomic E-state index is 14.3. The molecule has 0 spiro atoms. The minimum absolute atomic E-state index is 0.00138. The van der Waals surface area contributed by atoms with Crippen LogP contribution in [0.2, 0.25) is 0 Å². The van der Waals surface area contributed by atoms with Gasteiger partial charge in [0, 0.05) is 56.7 Å². The molecule has 0 aromatic heterocycles. The van der Waals surface area contributed by atoms with Crippen molar-refractivity contribution in [1.82, 2.24) is 10.2 Å². The summed E-state index contributed by atoms with van der Waals surface area (Å²) in [6.45, 7) is 1.46. The first kappa shape index (κ1) is 27.3. The van der Waals surface area contributed by atoms with Crippen LogP contribution in [0.1, 0.15) is 35.4 Å². The fourth-order valence-corrected chi connectivity index (χ4v) is 4.78. The van der Waals surface area contributed by atoms with Crippen LogP contribution in [0.3, 0.4) is 0 Å². The molecule has 2 atom stereocenters. The second-order valence-corrected chi connectivity index (χ2v) is 9.04. The van der Waals surface area contributed by atoms with Crippen molar-refractivity contribution in [2.75, 3.05) is 38.7 Å². The third-order valence-electron chi connectivity index (χ3n) is 6.48. The number of ether oxygens (including phenoxy) is 1. The average molecular weight is 538 g/mol. The topological polar surface area (TPSA) is 123 Å². The number of anilines is 2. The fourth-order valence-electron chi connectivity index (χ4n) is 4.78. The molecule has 2 aliphatic heterocycles. The maximum atomic E-state index is 14.3. The summed E-state index contributed by atoms with van der Waals surface area (Å²) in [5, 5.41) is 25.6. The highest BCUT2D eigenvalue weighted by molar-refractivity contribution is 6.10. The molecular formula is C25H26F4N4O5. The molecule has 4 rings (SSSR count). The van der Waals surface area contributed by atoms with Crippen LogP contribution in [0, 0.1) is 5.82 Å². The monoisotopic (exact) mass is 538 g/mol. The summed E-state index contributed by atoms with van der Waals surface area (Å²) in [7, 11) is 1.54. The molecule has 2 aromatic carbocycles. The van der Waals surface area contributed by atoms with Gasteiger partial charge in [-0.3, -0.25) is 9.59 Å². The van der Waals surface area contributed by atoms with Gasteiger partial charge in [0.25, 0.3) is 0 Å². The van der Waals surface area contributed by atoms with E-state index in [9.17, 15) is 37.4 Å². The lowest BCUT2D eigenvalue weighted by atomic mass is 9.85. The van der Waals surface area contributed by atoms with E-state index in [1.54, 1.807) is 12.0 Å². The van der Waals surface area contributed by atoms with Gasteiger partial charge in [0.05, 0.1) is 29.3 Å². The Bertz CT molecular complexity index is 1270. The van der Waals surface area contributed by atoms with Gasteiger partial charge in [-0.1, -0.05) is 0 Å². The molecule has 204 valence electrons. The Hall–Kier alpha value is -3.71. The van der Waals surface area contributed by atoms with E-state index in [0.717, 1.165) is 24.3 Å². The smallest absolute Gasteiger partial charge is 0.416 e. The number of nitrogens with zero attached hydrogens (tertiary/aromatic N) is 2. The van der Waals surface area contributed by atoms with Gasteiger partial charge in [-0.2, -0.15) is 13.2 Å². The summed E-state index contributed by atoms with van der Waals surface area (Å²) in [6.07, 6.45) is -5.48. The van der Waals surface area contributed by atoms with Crippen molar-refractivity contribution in [3.8, 4) is 0 Å². The largest absolute Gasteiger partial charge is 0.481 e. The van der Waals surface area contributed by atoms with Crippen molar-refractivity contribution in [3.63, 3.8) is 0 Å². The molecule has 1 fully saturated rings. The molecule has 0 radical (unpaired) electrons. The Morgan fingerprint density at radius 2 is 1.95 bits per heavy atom. The number of hydrogen-bond donors (Lipinski definition) is 4. The number of alkyl halides is 3. The molecule has 4 N–H and O–H groups in total. The van der Waals surface area contributed by atoms with Crippen molar-refractivity contribution in [1.29, 1.82) is 0 Å². The Morgan fingerprint density at radius 3 is 2.61 bits per heavy atom. The molecule has 0 saturated carbocycles. The van der Waals surface area contributed by atoms with E-state index in [2.05, 4.69) is 15.6 Å². The van der Waals surface area contributed by atoms with Gasteiger partial charge in [-0.05, 0) is 36.2 Å². The quantitative estimate of drug-likeness (QED) is 0.391. The van der Waals surface area contributed by atoms with Crippen molar-refractivity contribution < 1.29 is 42.1 Å². The molecule has 1 saturated heterocycles. The minimum atomic E-state index is -4.99. The number of piperazine rings is 1. The van der Waals surface area contributed by atoms with E-state index in [4.69, 9.17) is 4.74 Å². The number of fused-ring (bicyclic) bond motifs is 2. The molecule has 2 aromatic rings. The number of methoxy groups -OCH3 is 1. The fraction of sp³-hybridized carbons (Fsp3) is 0.400. The Kier molecular flexibility index (Phi) is 7.88. The number of nitrogens with one attached hydrogen (secondary N) is 2. The molecule has 9 nitrogen and oxygen atoms in total. The lowest BCUT2D eigenvalue weighted by Gasteiger charge is -2.37. The van der Waals surface area contributed by atoms with Gasteiger partial charge < -0.3 is 30.5 Å². The van der Waals surface area contributed by atoms with E-state index < -0.39 is 47.4 Å². The number of halogens is 4. The number of amidine groups is 1. The Labute approximate surface area is 215 Å². The zero-order chi connectivity index (χ0) is 27.6. The predicted octanol–water partition coefficient (Wildman–Crippen LogP) is 3.93. The summed E-state index contributed by atoms with van der Waals surface area (Å²) in [4.78, 5) is 30.1. The summed E-state index contributed by atoms with van der Waals surface area (Å²) < 4.78 is 62.2. The normalized spacial score (nSPS) is 18.0. The number of aliphatic carboxylic acids is 2. The van der Waals surface area contributed by atoms with E-state index in [0.29, 0.717) is 38.3 Å². The van der Waals surface area contributed by atoms with Crippen LogP contribution in [-0.4, -0.2) is 72.3 Å². The van der Waals surface area contributed by atoms with Crippen molar-refractivity contribution in [3.05, 3.63) is 52.8 Å². The average Bonchev–Trinajstić information content (AvgIpc) is 3.01. The number of carboxylic acid groups (broad SMARTS) is 2. The molecule has 0 amide bonds. The zero-order valence-corrected chi connectivity index (χ0v) is 20.3. The molecule has 13 heteroatoms. The van der Waals surface area contributed by atoms with Gasteiger partial charge in [0.15, 0.2) is 0 Å². The standard InChI is InChI=1S/C25H26F4N4O5/c1-38-9-6-14-12-33(8-7-30-14)23-22-18(31-17-4-2-13(26)10-19(17)32-23)5-3-16(25(27,28)29)21(22)15(24(36)37)11-20(34)35/h2-5,10,14-15,30-31H,6-9,11-12H2,1H3,(H,34,35)(H,36,37)/t14?,15-/m0/s1. The van der Waals surface area contributed by atoms with E-state index in [1.807, 2.05) is 0 Å². The lowest BCUT2D eigenvalue weighted by molar-refractivity contribution is -0.147. The van der Waals surface area contributed by atoms with Crippen LogP contribution in [0.25, 0.3) is 0 Å². The SMILES string of the molecule is COCCC1CN(C2=Nc3cc(F)ccc3Nc3ccc(C(F)(F)F)c([C@H](CC(=O)O)C(=O)O)c32)CCN1. The van der Waals surface area contributed by atoms with Gasteiger partial charge in [0.1, 0.15) is 11.7 Å². The highest BCUT2D eigenvalue weighted by Gasteiger charge is 2.42. The van der Waals surface area contributed by atoms with E-state index in [-0.39, 0.29) is 28.8 Å². The van der Waals surface area contributed by atoms with E-state index in [1.165, 1.54) is 6.07 Å². The van der Waals surface area contributed by atoms with Gasteiger partial charge >= 0.3 is 18.1 Å². The Balaban J connectivity index is 2.00. The first-order chi connectivity index (χ1) is 18.0. The second-order valence-electron chi connectivity index (χ2n) is 9.04. The molecular weight excluding hydrogens is 512 g/mol. The zero-order valence-electron chi connectivity index (χ0n) is 20.3. The summed E-state index contributed by atoms with van der Waals surface area (Å²) in [5.74, 6) is -5.95. The summed E-state index contributed by atoms with van der Waals surface area (Å²) >= 11 is 0. The predicted molar refractivity (Wildman–Crippen MR) is 130 cm³/mol. The number of carboxylic acids is 2. The van der Waals surface area contributed by atoms with Crippen LogP contribution < -0.4 is 10.6 Å². The van der Waals surface area contributed by atoms with Crippen LogP contribution in [0.5, 0.6) is 0 Å². The molecule has 38 heavy (non-hydrogen) atoms. The van der Waals surface area contributed by atoms with Crippen LogP contribution in [-0.2, 0) is 20.5 Å². The minimum Gasteiger partial charge on any atom is -0.481 e. The third-order valence-corrected chi connectivity index (χ3v) is 6.48. The Morgan fingerprint density at radius 1 is 1.21 bits per heavy atom. The number of rotatable bonds is 7. The first-order valence-electron chi connectivity index (χ1n) is 11.8. The molecule has 1 unspecified atom stereocenters. The molecule has 2 aliphatic rings. The highest BCUT2D eigenvalue weighted by Crippen LogP contribution is 2.44. The molecule has 0 bridgehead atoms. The van der Waals surface area contributed by atoms with Gasteiger partial charge in [0.2, 0.25) is 0 Å². The van der Waals surface area contributed by atoms with E-state index >= 15 is 0 Å². The number of hydrogen-bond acceptors (Lipinski definition) is 7. The third kappa shape index (κ3) is 5.73. The van der Waals surface area contributed by atoms with Crippen LogP contribution in [0.4, 0.5) is 34.6 Å².